The molecule has 2 atom stereocenters. The van der Waals surface area contributed by atoms with E-state index in [2.05, 4.69) is 10.6 Å². The third-order valence-electron chi connectivity index (χ3n) is 4.33. The topological polar surface area (TPSA) is 98.7 Å². The number of amides is 3. The van der Waals surface area contributed by atoms with E-state index < -0.39 is 17.9 Å². The number of piperidine rings is 1. The third kappa shape index (κ3) is 5.20. The first-order valence-corrected chi connectivity index (χ1v) is 8.52. The molecule has 0 bridgehead atoms. The summed E-state index contributed by atoms with van der Waals surface area (Å²) in [6.07, 6.45) is 1.35. The second-order valence-electron chi connectivity index (χ2n) is 6.65. The highest BCUT2D eigenvalue weighted by Crippen LogP contribution is 2.19. The van der Waals surface area contributed by atoms with Crippen molar-refractivity contribution in [1.29, 1.82) is 0 Å². The smallest absolute Gasteiger partial charge is 0.326 e. The normalized spacial score (nSPS) is 18.5. The first-order chi connectivity index (χ1) is 11.9. The average molecular weight is 347 g/mol. The highest BCUT2D eigenvalue weighted by atomic mass is 16.4. The van der Waals surface area contributed by atoms with Crippen LogP contribution < -0.4 is 10.6 Å². The fourth-order valence-corrected chi connectivity index (χ4v) is 2.88. The van der Waals surface area contributed by atoms with E-state index in [1.165, 1.54) is 0 Å². The molecule has 1 heterocycles. The van der Waals surface area contributed by atoms with Gasteiger partial charge in [-0.25, -0.2) is 9.59 Å². The Morgan fingerprint density at radius 3 is 2.48 bits per heavy atom. The molecule has 0 radical (unpaired) electrons. The lowest BCUT2D eigenvalue weighted by Gasteiger charge is -2.33. The van der Waals surface area contributed by atoms with Crippen LogP contribution in [-0.4, -0.2) is 47.0 Å². The lowest BCUT2D eigenvalue weighted by atomic mass is 9.96. The lowest BCUT2D eigenvalue weighted by molar-refractivity contribution is -0.144. The molecule has 1 aliphatic heterocycles. The van der Waals surface area contributed by atoms with Gasteiger partial charge in [0.25, 0.3) is 0 Å². The van der Waals surface area contributed by atoms with Crippen LogP contribution in [0.15, 0.2) is 30.3 Å². The van der Waals surface area contributed by atoms with Crippen LogP contribution in [-0.2, 0) is 9.59 Å². The van der Waals surface area contributed by atoms with Gasteiger partial charge in [-0.3, -0.25) is 4.79 Å². The number of nitrogens with one attached hydrogen (secondary N) is 2. The van der Waals surface area contributed by atoms with E-state index >= 15 is 0 Å². The van der Waals surface area contributed by atoms with E-state index in [1.54, 1.807) is 30.9 Å². The van der Waals surface area contributed by atoms with Crippen molar-refractivity contribution in [3.8, 4) is 0 Å². The number of carboxylic acid groups (broad SMARTS) is 1. The first-order valence-electron chi connectivity index (χ1n) is 8.52. The molecule has 136 valence electrons. The number of carbonyl (C=O) groups excluding carboxylic acids is 2. The summed E-state index contributed by atoms with van der Waals surface area (Å²) in [6, 6.07) is 7.96. The largest absolute Gasteiger partial charge is 0.480 e. The van der Waals surface area contributed by atoms with Crippen LogP contribution in [0.1, 0.15) is 26.7 Å². The molecule has 0 aromatic heterocycles. The van der Waals surface area contributed by atoms with Gasteiger partial charge in [0.2, 0.25) is 5.91 Å². The van der Waals surface area contributed by atoms with Crippen molar-refractivity contribution in [2.24, 2.45) is 11.8 Å². The molecule has 2 rings (SSSR count). The second-order valence-corrected chi connectivity index (χ2v) is 6.65. The van der Waals surface area contributed by atoms with Gasteiger partial charge in [-0.1, -0.05) is 32.0 Å². The highest BCUT2D eigenvalue weighted by molar-refractivity contribution is 5.90. The monoisotopic (exact) mass is 347 g/mol. The molecule has 3 amide bonds. The van der Waals surface area contributed by atoms with Crippen molar-refractivity contribution < 1.29 is 19.5 Å². The minimum absolute atomic E-state index is 0.206. The van der Waals surface area contributed by atoms with E-state index in [4.69, 9.17) is 0 Å². The van der Waals surface area contributed by atoms with Gasteiger partial charge >= 0.3 is 12.0 Å². The van der Waals surface area contributed by atoms with Gasteiger partial charge in [0.1, 0.15) is 6.04 Å². The zero-order valence-corrected chi connectivity index (χ0v) is 14.6. The highest BCUT2D eigenvalue weighted by Gasteiger charge is 2.31. The Morgan fingerprint density at radius 2 is 1.88 bits per heavy atom. The standard InChI is InChI=1S/C18H25N3O4/c1-12(2)15(17(23)24)20-16(22)13-7-6-10-21(11-13)18(25)19-14-8-4-3-5-9-14/h3-5,8-9,12-13,15H,6-7,10-11H2,1-2H3,(H,19,25)(H,20,22)(H,23,24)/t13?,15-/m1/s1. The maximum Gasteiger partial charge on any atom is 0.326 e. The van der Waals surface area contributed by atoms with Gasteiger partial charge in [0, 0.05) is 18.8 Å². The summed E-state index contributed by atoms with van der Waals surface area (Å²) in [5.74, 6) is -1.95. The van der Waals surface area contributed by atoms with Gasteiger partial charge in [-0.15, -0.1) is 0 Å². The number of hydrogen-bond donors (Lipinski definition) is 3. The molecule has 7 nitrogen and oxygen atoms in total. The van der Waals surface area contributed by atoms with E-state index in [-0.39, 0.29) is 24.4 Å². The quantitative estimate of drug-likeness (QED) is 0.760. The lowest BCUT2D eigenvalue weighted by Crippen LogP contribution is -2.51. The zero-order chi connectivity index (χ0) is 18.4. The van der Waals surface area contributed by atoms with Crippen molar-refractivity contribution in [3.63, 3.8) is 0 Å². The van der Waals surface area contributed by atoms with E-state index in [1.807, 2.05) is 18.2 Å². The molecule has 7 heteroatoms. The Hall–Kier alpha value is -2.57. The molecule has 25 heavy (non-hydrogen) atoms. The minimum atomic E-state index is -1.04. The average Bonchev–Trinajstić information content (AvgIpc) is 2.59. The molecule has 1 fully saturated rings. The van der Waals surface area contributed by atoms with E-state index in [0.29, 0.717) is 25.1 Å². The molecule has 1 unspecified atom stereocenters. The van der Waals surface area contributed by atoms with Crippen molar-refractivity contribution in [1.82, 2.24) is 10.2 Å². The number of urea groups is 1. The summed E-state index contributed by atoms with van der Waals surface area (Å²) in [6.45, 7) is 4.36. The maximum atomic E-state index is 12.4. The number of nitrogens with zero attached hydrogens (tertiary/aromatic N) is 1. The maximum absolute atomic E-state index is 12.4. The first kappa shape index (κ1) is 18.8. The van der Waals surface area contributed by atoms with E-state index in [9.17, 15) is 19.5 Å². The number of carboxylic acids is 1. The molecule has 3 N–H and O–H groups in total. The SMILES string of the molecule is CC(C)[C@@H](NC(=O)C1CCCN(C(=O)Nc2ccccc2)C1)C(=O)O. The summed E-state index contributed by atoms with van der Waals surface area (Å²) in [4.78, 5) is 37.6. The summed E-state index contributed by atoms with van der Waals surface area (Å²) in [7, 11) is 0. The fourth-order valence-electron chi connectivity index (χ4n) is 2.88. The Kier molecular flexibility index (Phi) is 6.38. The molecular weight excluding hydrogens is 322 g/mol. The zero-order valence-electron chi connectivity index (χ0n) is 14.6. The van der Waals surface area contributed by atoms with Crippen LogP contribution in [0.4, 0.5) is 10.5 Å². The Bertz CT molecular complexity index is 618. The van der Waals surface area contributed by atoms with Crippen LogP contribution in [0.2, 0.25) is 0 Å². The number of carbonyl (C=O) groups is 3. The van der Waals surface area contributed by atoms with Gasteiger partial charge < -0.3 is 20.6 Å². The fraction of sp³-hybridized carbons (Fsp3) is 0.500. The molecule has 1 saturated heterocycles. The predicted octanol–water partition coefficient (Wildman–Crippen LogP) is 2.16. The van der Waals surface area contributed by atoms with Crippen LogP contribution in [0.5, 0.6) is 0 Å². The summed E-state index contributed by atoms with van der Waals surface area (Å²) in [5.41, 5.74) is 0.699. The molecule has 0 spiro atoms. The van der Waals surface area contributed by atoms with Crippen molar-refractivity contribution >= 4 is 23.6 Å². The summed E-state index contributed by atoms with van der Waals surface area (Å²) >= 11 is 0. The van der Waals surface area contributed by atoms with Crippen molar-refractivity contribution in [2.75, 3.05) is 18.4 Å². The van der Waals surface area contributed by atoms with Crippen LogP contribution in [0.25, 0.3) is 0 Å². The summed E-state index contributed by atoms with van der Waals surface area (Å²) < 4.78 is 0. The molecule has 0 saturated carbocycles. The van der Waals surface area contributed by atoms with Gasteiger partial charge in [0.15, 0.2) is 0 Å². The van der Waals surface area contributed by atoms with Crippen LogP contribution in [0, 0.1) is 11.8 Å². The second kappa shape index (κ2) is 8.50. The molecule has 1 aromatic rings. The molecular formula is C18H25N3O4. The predicted molar refractivity (Wildman–Crippen MR) is 94.2 cm³/mol. The van der Waals surface area contributed by atoms with Crippen LogP contribution >= 0.6 is 0 Å². The summed E-state index contributed by atoms with van der Waals surface area (Å²) in [5, 5.41) is 14.6. The minimum Gasteiger partial charge on any atom is -0.480 e. The molecule has 1 aromatic carbocycles. The third-order valence-corrected chi connectivity index (χ3v) is 4.33. The van der Waals surface area contributed by atoms with Crippen molar-refractivity contribution in [3.05, 3.63) is 30.3 Å². The number of aliphatic carboxylic acids is 1. The number of rotatable bonds is 5. The van der Waals surface area contributed by atoms with Gasteiger partial charge in [-0.05, 0) is 30.9 Å². The van der Waals surface area contributed by atoms with Gasteiger partial charge in [-0.2, -0.15) is 0 Å². The van der Waals surface area contributed by atoms with Gasteiger partial charge in [0.05, 0.1) is 5.92 Å². The number of likely N-dealkylation sites (tertiary alicyclic amines) is 1. The Balaban J connectivity index is 1.94. The number of benzene rings is 1. The number of hydrogen-bond acceptors (Lipinski definition) is 3. The Morgan fingerprint density at radius 1 is 1.20 bits per heavy atom. The molecule has 0 aliphatic carbocycles. The number of anilines is 1. The number of para-hydroxylation sites is 1. The van der Waals surface area contributed by atoms with Crippen molar-refractivity contribution in [2.45, 2.75) is 32.7 Å². The van der Waals surface area contributed by atoms with E-state index in [0.717, 1.165) is 0 Å². The molecule has 1 aliphatic rings. The van der Waals surface area contributed by atoms with Crippen LogP contribution in [0.3, 0.4) is 0 Å². The Labute approximate surface area is 147 Å².